The molecular formula is C8H10N4. The number of aryl methyl sites for hydroxylation is 1. The molecular weight excluding hydrogens is 152 g/mol. The number of pyridine rings is 1. The highest BCUT2D eigenvalue weighted by atomic mass is 15.2. The van der Waals surface area contributed by atoms with Crippen molar-refractivity contribution in [3.63, 3.8) is 0 Å². The molecule has 4 nitrogen and oxygen atoms in total. The summed E-state index contributed by atoms with van der Waals surface area (Å²) in [6, 6.07) is 3.99. The molecule has 0 unspecified atom stereocenters. The van der Waals surface area contributed by atoms with Crippen LogP contribution in [-0.2, 0) is 6.54 Å². The largest absolute Gasteiger partial charge is 0.324 e. The summed E-state index contributed by atoms with van der Waals surface area (Å²) in [6.45, 7) is 2.45. The van der Waals surface area contributed by atoms with Gasteiger partial charge in [-0.25, -0.2) is 0 Å². The molecule has 0 amide bonds. The molecule has 2 rings (SSSR count). The molecule has 0 saturated heterocycles. The quantitative estimate of drug-likeness (QED) is 0.664. The van der Waals surface area contributed by atoms with Gasteiger partial charge < -0.3 is 5.73 Å². The van der Waals surface area contributed by atoms with E-state index in [2.05, 4.69) is 10.2 Å². The molecule has 2 aromatic rings. The van der Waals surface area contributed by atoms with Crippen molar-refractivity contribution < 1.29 is 0 Å². The molecule has 62 valence electrons. The first-order chi connectivity index (χ1) is 5.81. The van der Waals surface area contributed by atoms with Crippen LogP contribution in [0.2, 0.25) is 0 Å². The van der Waals surface area contributed by atoms with E-state index in [0.29, 0.717) is 6.54 Å². The Kier molecular flexibility index (Phi) is 1.55. The minimum absolute atomic E-state index is 0.421. The average molecular weight is 162 g/mol. The molecule has 0 aliphatic heterocycles. The number of hydrogen-bond donors (Lipinski definition) is 1. The lowest BCUT2D eigenvalue weighted by molar-refractivity contribution is 0.882. The van der Waals surface area contributed by atoms with E-state index in [9.17, 15) is 0 Å². The normalized spacial score (nSPS) is 10.8. The lowest BCUT2D eigenvalue weighted by Crippen LogP contribution is -2.02. The summed E-state index contributed by atoms with van der Waals surface area (Å²) in [5.74, 6) is 0.796. The van der Waals surface area contributed by atoms with E-state index >= 15 is 0 Å². The monoisotopic (exact) mass is 162 g/mol. The van der Waals surface area contributed by atoms with Crippen molar-refractivity contribution in [1.29, 1.82) is 0 Å². The van der Waals surface area contributed by atoms with Gasteiger partial charge in [-0.05, 0) is 24.6 Å². The Morgan fingerprint density at radius 3 is 3.08 bits per heavy atom. The molecule has 0 saturated carbocycles. The van der Waals surface area contributed by atoms with Gasteiger partial charge in [0.25, 0.3) is 0 Å². The summed E-state index contributed by atoms with van der Waals surface area (Å²) in [5, 5.41) is 7.93. The van der Waals surface area contributed by atoms with Crippen molar-refractivity contribution in [3.05, 3.63) is 29.7 Å². The Balaban J connectivity index is 2.73. The van der Waals surface area contributed by atoms with Crippen molar-refractivity contribution in [2.24, 2.45) is 5.73 Å². The predicted molar refractivity (Wildman–Crippen MR) is 45.6 cm³/mol. The Bertz CT molecular complexity index is 404. The summed E-state index contributed by atoms with van der Waals surface area (Å²) in [5.41, 5.74) is 7.51. The summed E-state index contributed by atoms with van der Waals surface area (Å²) in [7, 11) is 0. The molecule has 0 aromatic carbocycles. The van der Waals surface area contributed by atoms with E-state index in [-0.39, 0.29) is 0 Å². The van der Waals surface area contributed by atoms with Gasteiger partial charge in [-0.15, -0.1) is 10.2 Å². The Morgan fingerprint density at radius 1 is 1.50 bits per heavy atom. The molecule has 12 heavy (non-hydrogen) atoms. The van der Waals surface area contributed by atoms with Crippen LogP contribution in [0.15, 0.2) is 18.3 Å². The van der Waals surface area contributed by atoms with E-state index in [1.54, 1.807) is 0 Å². The van der Waals surface area contributed by atoms with Gasteiger partial charge in [0, 0.05) is 6.20 Å². The number of aromatic nitrogens is 3. The third-order valence-corrected chi connectivity index (χ3v) is 1.82. The number of nitrogens with zero attached hydrogens (tertiary/aromatic N) is 3. The van der Waals surface area contributed by atoms with Gasteiger partial charge in [0.2, 0.25) is 0 Å². The van der Waals surface area contributed by atoms with Crippen molar-refractivity contribution in [1.82, 2.24) is 14.6 Å². The third-order valence-electron chi connectivity index (χ3n) is 1.82. The number of fused-ring (bicyclic) bond motifs is 1. The minimum Gasteiger partial charge on any atom is -0.324 e. The van der Waals surface area contributed by atoms with E-state index in [4.69, 9.17) is 5.73 Å². The van der Waals surface area contributed by atoms with Crippen molar-refractivity contribution in [2.75, 3.05) is 0 Å². The first-order valence-corrected chi connectivity index (χ1v) is 3.81. The maximum atomic E-state index is 5.48. The van der Waals surface area contributed by atoms with Crippen LogP contribution >= 0.6 is 0 Å². The smallest absolute Gasteiger partial charge is 0.161 e. The molecule has 0 spiro atoms. The van der Waals surface area contributed by atoms with Crippen molar-refractivity contribution >= 4 is 5.65 Å². The van der Waals surface area contributed by atoms with Crippen LogP contribution in [0.1, 0.15) is 11.4 Å². The second kappa shape index (κ2) is 2.57. The van der Waals surface area contributed by atoms with Gasteiger partial charge in [0.15, 0.2) is 11.5 Å². The van der Waals surface area contributed by atoms with Crippen LogP contribution < -0.4 is 5.73 Å². The second-order valence-electron chi connectivity index (χ2n) is 2.75. The molecule has 4 heteroatoms. The van der Waals surface area contributed by atoms with E-state index in [0.717, 1.165) is 11.5 Å². The van der Waals surface area contributed by atoms with E-state index in [1.807, 2.05) is 29.7 Å². The van der Waals surface area contributed by atoms with E-state index < -0.39 is 0 Å². The highest BCUT2D eigenvalue weighted by molar-refractivity contribution is 5.40. The van der Waals surface area contributed by atoms with Crippen LogP contribution in [0.4, 0.5) is 0 Å². The SMILES string of the molecule is Cc1ccn2c(CN)nnc2c1. The zero-order chi connectivity index (χ0) is 8.55. The molecule has 2 N–H and O–H groups in total. The molecule has 2 heterocycles. The zero-order valence-corrected chi connectivity index (χ0v) is 6.86. The van der Waals surface area contributed by atoms with Crippen LogP contribution in [-0.4, -0.2) is 14.6 Å². The number of rotatable bonds is 1. The van der Waals surface area contributed by atoms with Gasteiger partial charge >= 0.3 is 0 Å². The minimum atomic E-state index is 0.421. The summed E-state index contributed by atoms with van der Waals surface area (Å²) >= 11 is 0. The Labute approximate surface area is 70.0 Å². The molecule has 0 fully saturated rings. The molecule has 0 atom stereocenters. The molecule has 0 aliphatic carbocycles. The third kappa shape index (κ3) is 0.967. The molecule has 0 aliphatic rings. The number of hydrogen-bond acceptors (Lipinski definition) is 3. The predicted octanol–water partition coefficient (Wildman–Crippen LogP) is 0.496. The van der Waals surface area contributed by atoms with Gasteiger partial charge in [-0.3, -0.25) is 4.40 Å². The van der Waals surface area contributed by atoms with Crippen molar-refractivity contribution in [3.8, 4) is 0 Å². The molecule has 0 bridgehead atoms. The maximum Gasteiger partial charge on any atom is 0.161 e. The summed E-state index contributed by atoms with van der Waals surface area (Å²) in [4.78, 5) is 0. The zero-order valence-electron chi connectivity index (χ0n) is 6.86. The Morgan fingerprint density at radius 2 is 2.33 bits per heavy atom. The summed E-state index contributed by atoms with van der Waals surface area (Å²) in [6.07, 6.45) is 1.94. The topological polar surface area (TPSA) is 56.2 Å². The van der Waals surface area contributed by atoms with Gasteiger partial charge in [0.05, 0.1) is 6.54 Å². The highest BCUT2D eigenvalue weighted by Gasteiger charge is 2.01. The highest BCUT2D eigenvalue weighted by Crippen LogP contribution is 2.05. The molecule has 2 aromatic heterocycles. The number of nitrogens with two attached hydrogens (primary N) is 1. The average Bonchev–Trinajstić information content (AvgIpc) is 2.46. The summed E-state index contributed by atoms with van der Waals surface area (Å²) < 4.78 is 1.90. The van der Waals surface area contributed by atoms with Gasteiger partial charge in [-0.1, -0.05) is 0 Å². The van der Waals surface area contributed by atoms with Gasteiger partial charge in [0.1, 0.15) is 0 Å². The van der Waals surface area contributed by atoms with Crippen LogP contribution in [0, 0.1) is 6.92 Å². The fourth-order valence-electron chi connectivity index (χ4n) is 1.18. The lowest BCUT2D eigenvalue weighted by atomic mass is 10.3. The van der Waals surface area contributed by atoms with Crippen LogP contribution in [0.25, 0.3) is 5.65 Å². The second-order valence-corrected chi connectivity index (χ2v) is 2.75. The van der Waals surface area contributed by atoms with Gasteiger partial charge in [-0.2, -0.15) is 0 Å². The van der Waals surface area contributed by atoms with Crippen LogP contribution in [0.5, 0.6) is 0 Å². The molecule has 0 radical (unpaired) electrons. The first-order valence-electron chi connectivity index (χ1n) is 3.81. The van der Waals surface area contributed by atoms with E-state index in [1.165, 1.54) is 5.56 Å². The van der Waals surface area contributed by atoms with Crippen molar-refractivity contribution in [2.45, 2.75) is 13.5 Å². The van der Waals surface area contributed by atoms with Crippen LogP contribution in [0.3, 0.4) is 0 Å². The fourth-order valence-corrected chi connectivity index (χ4v) is 1.18. The maximum absolute atomic E-state index is 5.48. The first kappa shape index (κ1) is 7.24. The fraction of sp³-hybridized carbons (Fsp3) is 0.250. The Hall–Kier alpha value is -1.42. The lowest BCUT2D eigenvalue weighted by Gasteiger charge is -1.96. The standard InChI is InChI=1S/C8H10N4/c1-6-2-3-12-7(4-6)10-11-8(12)5-9/h2-4H,5,9H2,1H3.